The van der Waals surface area contributed by atoms with Crippen molar-refractivity contribution in [1.82, 2.24) is 20.1 Å². The number of carbonyl (C=O) groups excluding carboxylic acids is 2. The van der Waals surface area contributed by atoms with Crippen LogP contribution in [0.4, 0.5) is 0 Å². The van der Waals surface area contributed by atoms with E-state index < -0.39 is 11.6 Å². The number of nitrogens with one attached hydrogen (secondary N) is 2. The van der Waals surface area contributed by atoms with Crippen molar-refractivity contribution < 1.29 is 9.59 Å². The largest absolute Gasteiger partial charge is 0.361 e. The van der Waals surface area contributed by atoms with Gasteiger partial charge in [0.15, 0.2) is 0 Å². The Labute approximate surface area is 249 Å². The number of nitrogens with zero attached hydrogens (tertiary/aromatic N) is 2. The van der Waals surface area contributed by atoms with Crippen molar-refractivity contribution in [2.75, 3.05) is 19.6 Å². The summed E-state index contributed by atoms with van der Waals surface area (Å²) in [6.45, 7) is 3.18. The number of aromatic amines is 1. The number of H-pyrrole nitrogens is 1. The number of aryl methyl sites for hydroxylation is 1. The normalized spacial score (nSPS) is 19.0. The Bertz CT molecular complexity index is 1470. The first-order valence-corrected chi connectivity index (χ1v) is 15.6. The standard InChI is InChI=1S/C36H42N4O2/c41-34-33(25-30-26-37-32-19-11-10-18-31(30)32)38-35(42)36(40(34)27-29-16-8-4-9-17-29)20-23-39(24-21-36)22-12-2-1-5-13-28-14-6-3-7-15-28/h3-4,6-11,14-19,26,33,37H,1-2,5,12-13,20-25,27H2,(H,38,42). The number of rotatable bonds is 11. The molecule has 42 heavy (non-hydrogen) atoms. The predicted octanol–water partition coefficient (Wildman–Crippen LogP) is 5.88. The van der Waals surface area contributed by atoms with E-state index >= 15 is 0 Å². The molecule has 3 aromatic carbocycles. The van der Waals surface area contributed by atoms with Crippen molar-refractivity contribution >= 4 is 22.7 Å². The zero-order valence-corrected chi connectivity index (χ0v) is 24.4. The molecule has 0 saturated carbocycles. The number of para-hydroxylation sites is 1. The number of carbonyl (C=O) groups is 2. The van der Waals surface area contributed by atoms with Gasteiger partial charge in [0, 0.05) is 43.2 Å². The van der Waals surface area contributed by atoms with Crippen LogP contribution in [0.15, 0.2) is 91.1 Å². The van der Waals surface area contributed by atoms with Gasteiger partial charge in [-0.1, -0.05) is 91.7 Å². The van der Waals surface area contributed by atoms with Gasteiger partial charge in [-0.15, -0.1) is 0 Å². The lowest BCUT2D eigenvalue weighted by Gasteiger charge is -2.51. The molecular weight excluding hydrogens is 520 g/mol. The third kappa shape index (κ3) is 6.14. The van der Waals surface area contributed by atoms with Crippen LogP contribution in [-0.2, 0) is 29.0 Å². The average molecular weight is 563 g/mol. The summed E-state index contributed by atoms with van der Waals surface area (Å²) in [5.74, 6) is 0.0269. The molecule has 2 aliphatic heterocycles. The third-order valence-electron chi connectivity index (χ3n) is 9.31. The molecule has 3 heterocycles. The Kier molecular flexibility index (Phi) is 8.71. The van der Waals surface area contributed by atoms with Gasteiger partial charge in [0.25, 0.3) is 0 Å². The third-order valence-corrected chi connectivity index (χ3v) is 9.31. The Morgan fingerprint density at radius 2 is 1.43 bits per heavy atom. The van der Waals surface area contributed by atoms with Crippen LogP contribution in [0.25, 0.3) is 10.9 Å². The summed E-state index contributed by atoms with van der Waals surface area (Å²) in [5.41, 5.74) is 3.78. The van der Waals surface area contributed by atoms with E-state index in [4.69, 9.17) is 0 Å². The molecule has 1 unspecified atom stereocenters. The molecule has 2 fully saturated rings. The van der Waals surface area contributed by atoms with Gasteiger partial charge in [-0.25, -0.2) is 0 Å². The van der Waals surface area contributed by atoms with E-state index in [0.29, 0.717) is 25.8 Å². The minimum absolute atomic E-state index is 0.00318. The SMILES string of the molecule is O=C1C(Cc2c[nH]c3ccccc23)NC(=O)C2(CCN(CCCCCCc3ccccc3)CC2)N1Cc1ccccc1. The number of piperidine rings is 1. The first-order chi connectivity index (χ1) is 20.6. The quantitative estimate of drug-likeness (QED) is 0.225. The van der Waals surface area contributed by atoms with E-state index in [1.165, 1.54) is 31.2 Å². The summed E-state index contributed by atoms with van der Waals surface area (Å²) in [7, 11) is 0. The first kappa shape index (κ1) is 28.2. The number of benzene rings is 3. The van der Waals surface area contributed by atoms with Crippen LogP contribution in [0, 0.1) is 0 Å². The fourth-order valence-corrected chi connectivity index (χ4v) is 6.84. The molecule has 4 aromatic rings. The maximum absolute atomic E-state index is 14.2. The van der Waals surface area contributed by atoms with Crippen molar-refractivity contribution in [3.63, 3.8) is 0 Å². The number of likely N-dealkylation sites (tertiary alicyclic amines) is 1. The molecule has 2 amide bonds. The van der Waals surface area contributed by atoms with Crippen molar-refractivity contribution in [3.05, 3.63) is 108 Å². The van der Waals surface area contributed by atoms with Gasteiger partial charge in [-0.3, -0.25) is 9.59 Å². The summed E-state index contributed by atoms with van der Waals surface area (Å²) < 4.78 is 0. The Hall–Kier alpha value is -3.90. The molecule has 6 nitrogen and oxygen atoms in total. The highest BCUT2D eigenvalue weighted by Crippen LogP contribution is 2.35. The van der Waals surface area contributed by atoms with Gasteiger partial charge in [0.1, 0.15) is 11.6 Å². The van der Waals surface area contributed by atoms with Crippen LogP contribution in [0.2, 0.25) is 0 Å². The Balaban J connectivity index is 1.09. The second-order valence-corrected chi connectivity index (χ2v) is 12.0. The smallest absolute Gasteiger partial charge is 0.246 e. The van der Waals surface area contributed by atoms with Crippen LogP contribution >= 0.6 is 0 Å². The van der Waals surface area contributed by atoms with E-state index in [2.05, 4.69) is 63.7 Å². The predicted molar refractivity (Wildman–Crippen MR) is 168 cm³/mol. The van der Waals surface area contributed by atoms with Gasteiger partial charge in [-0.2, -0.15) is 0 Å². The van der Waals surface area contributed by atoms with Crippen LogP contribution in [-0.4, -0.2) is 57.8 Å². The van der Waals surface area contributed by atoms with Gasteiger partial charge >= 0.3 is 0 Å². The highest BCUT2D eigenvalue weighted by Gasteiger charge is 2.53. The molecule has 0 radical (unpaired) electrons. The van der Waals surface area contributed by atoms with E-state index in [1.54, 1.807) is 0 Å². The molecular formula is C36H42N4O2. The van der Waals surface area contributed by atoms with E-state index in [1.807, 2.05) is 47.5 Å². The molecule has 6 heteroatoms. The van der Waals surface area contributed by atoms with E-state index in [0.717, 1.165) is 48.1 Å². The minimum atomic E-state index is -0.796. The number of hydrogen-bond acceptors (Lipinski definition) is 3. The van der Waals surface area contributed by atoms with Crippen LogP contribution in [0.3, 0.4) is 0 Å². The number of piperazine rings is 1. The number of hydrogen-bond donors (Lipinski definition) is 2. The number of amides is 2. The zero-order chi connectivity index (χ0) is 28.8. The maximum Gasteiger partial charge on any atom is 0.246 e. The highest BCUT2D eigenvalue weighted by atomic mass is 16.2. The number of unbranched alkanes of at least 4 members (excludes halogenated alkanes) is 3. The van der Waals surface area contributed by atoms with Crippen molar-refractivity contribution in [2.24, 2.45) is 0 Å². The second-order valence-electron chi connectivity index (χ2n) is 12.0. The molecule has 218 valence electrons. The fourth-order valence-electron chi connectivity index (χ4n) is 6.84. The summed E-state index contributed by atoms with van der Waals surface area (Å²) in [5, 5.41) is 4.28. The topological polar surface area (TPSA) is 68.4 Å². The highest BCUT2D eigenvalue weighted by molar-refractivity contribution is 6.00. The lowest BCUT2D eigenvalue weighted by molar-refractivity contribution is -0.162. The molecule has 0 aliphatic carbocycles. The van der Waals surface area contributed by atoms with Gasteiger partial charge in [0.2, 0.25) is 11.8 Å². The lowest BCUT2D eigenvalue weighted by Crippen LogP contribution is -2.72. The molecule has 2 aliphatic rings. The van der Waals surface area contributed by atoms with Gasteiger partial charge in [0.05, 0.1) is 0 Å². The zero-order valence-electron chi connectivity index (χ0n) is 24.4. The average Bonchev–Trinajstić information content (AvgIpc) is 3.44. The Morgan fingerprint density at radius 3 is 2.19 bits per heavy atom. The monoisotopic (exact) mass is 562 g/mol. The minimum Gasteiger partial charge on any atom is -0.361 e. The van der Waals surface area contributed by atoms with E-state index in [9.17, 15) is 9.59 Å². The molecule has 6 rings (SSSR count). The fraction of sp³-hybridized carbons (Fsp3) is 0.389. The molecule has 1 atom stereocenters. The lowest BCUT2D eigenvalue weighted by atomic mass is 9.80. The van der Waals surface area contributed by atoms with Crippen molar-refractivity contribution in [1.29, 1.82) is 0 Å². The first-order valence-electron chi connectivity index (χ1n) is 15.6. The number of fused-ring (bicyclic) bond motifs is 1. The molecule has 2 N–H and O–H groups in total. The van der Waals surface area contributed by atoms with Crippen LogP contribution < -0.4 is 5.32 Å². The Morgan fingerprint density at radius 1 is 0.762 bits per heavy atom. The number of aromatic nitrogens is 1. The van der Waals surface area contributed by atoms with Gasteiger partial charge < -0.3 is 20.1 Å². The van der Waals surface area contributed by atoms with Crippen molar-refractivity contribution in [2.45, 2.75) is 69.5 Å². The van der Waals surface area contributed by atoms with Crippen LogP contribution in [0.5, 0.6) is 0 Å². The van der Waals surface area contributed by atoms with Crippen LogP contribution in [0.1, 0.15) is 55.2 Å². The molecule has 1 spiro atoms. The second kappa shape index (κ2) is 13.0. The van der Waals surface area contributed by atoms with Gasteiger partial charge in [-0.05, 0) is 61.4 Å². The summed E-state index contributed by atoms with van der Waals surface area (Å²) in [6, 6.07) is 28.4. The summed E-state index contributed by atoms with van der Waals surface area (Å²) >= 11 is 0. The molecule has 2 saturated heterocycles. The molecule has 0 bridgehead atoms. The summed E-state index contributed by atoms with van der Waals surface area (Å²) in [4.78, 5) is 35.8. The van der Waals surface area contributed by atoms with Crippen molar-refractivity contribution in [3.8, 4) is 0 Å². The summed E-state index contributed by atoms with van der Waals surface area (Å²) in [6.07, 6.45) is 9.81. The van der Waals surface area contributed by atoms with E-state index in [-0.39, 0.29) is 11.8 Å². The molecule has 1 aromatic heterocycles. The maximum atomic E-state index is 14.2.